The number of likely N-dealkylation sites (tertiary alicyclic amines) is 1. The van der Waals surface area contributed by atoms with Gasteiger partial charge in [0.15, 0.2) is 0 Å². The Kier molecular flexibility index (Phi) is 10.6. The number of carbonyl (C=O) groups is 2. The Morgan fingerprint density at radius 3 is 2.17 bits per heavy atom. The molecule has 0 aromatic rings. The van der Waals surface area contributed by atoms with E-state index >= 15 is 0 Å². The van der Waals surface area contributed by atoms with Gasteiger partial charge in [-0.15, -0.1) is 0 Å². The van der Waals surface area contributed by atoms with Crippen LogP contribution in [-0.4, -0.2) is 53.8 Å². The number of nitroso groups, excluding NO2 is 1. The predicted octanol–water partition coefficient (Wildman–Crippen LogP) is 5.07. The van der Waals surface area contributed by atoms with Crippen molar-refractivity contribution in [2.24, 2.45) is 22.0 Å². The second kappa shape index (κ2) is 11.3. The fourth-order valence-corrected chi connectivity index (χ4v) is 3.47. The molecule has 0 spiro atoms. The Labute approximate surface area is 172 Å². The standard InChI is InChI=1S/C14H24F2N2O2.C6H11NO2/c1-5-11-6-9(2)13(10(3)17-20)18(8-11)12(19)7-14(4,15)16;1-6(2,3)9-5(8)7-4/h9-11,13H,5-8H2,1-4H3;4H2,1-3H3. The highest BCUT2D eigenvalue weighted by atomic mass is 19.3. The van der Waals surface area contributed by atoms with Crippen LogP contribution in [0.5, 0.6) is 0 Å². The molecule has 0 radical (unpaired) electrons. The number of aliphatic imine (C=N–C) groups is 1. The number of nitrogens with zero attached hydrogens (tertiary/aromatic N) is 3. The van der Waals surface area contributed by atoms with Crippen LogP contribution in [0.3, 0.4) is 0 Å². The van der Waals surface area contributed by atoms with E-state index in [1.165, 1.54) is 4.90 Å². The average Bonchev–Trinajstić information content (AvgIpc) is 2.57. The normalized spacial score (nSPS) is 23.3. The summed E-state index contributed by atoms with van der Waals surface area (Å²) >= 11 is 0. The minimum absolute atomic E-state index is 0.0934. The molecular formula is C20H35F2N3O4. The maximum absolute atomic E-state index is 13.1. The maximum atomic E-state index is 13.1. The van der Waals surface area contributed by atoms with Crippen molar-refractivity contribution in [3.8, 4) is 0 Å². The minimum Gasteiger partial charge on any atom is -0.442 e. The number of carbonyl (C=O) groups excluding carboxylic acids is 2. The van der Waals surface area contributed by atoms with Crippen LogP contribution in [0.1, 0.15) is 67.7 Å². The maximum Gasteiger partial charge on any atom is 0.433 e. The number of hydrogen-bond acceptors (Lipinski definition) is 5. The third-order valence-corrected chi connectivity index (χ3v) is 4.65. The molecule has 1 aliphatic heterocycles. The van der Waals surface area contributed by atoms with E-state index in [2.05, 4.69) is 16.9 Å². The molecule has 1 rings (SSSR count). The van der Waals surface area contributed by atoms with Crippen LogP contribution in [-0.2, 0) is 9.53 Å². The SMILES string of the molecule is C=NC(=O)OC(C)(C)C.CCC1CC(C)C(C(C)N=O)N(C(=O)CC(C)(F)F)C1. The molecule has 0 bridgehead atoms. The van der Waals surface area contributed by atoms with Gasteiger partial charge in [0.25, 0.3) is 5.92 Å². The van der Waals surface area contributed by atoms with Gasteiger partial charge in [-0.25, -0.2) is 13.6 Å². The van der Waals surface area contributed by atoms with E-state index < -0.39 is 36.0 Å². The second-order valence-corrected chi connectivity index (χ2v) is 8.76. The lowest BCUT2D eigenvalue weighted by Gasteiger charge is -2.45. The molecule has 7 nitrogen and oxygen atoms in total. The summed E-state index contributed by atoms with van der Waals surface area (Å²) in [6, 6.07) is -0.942. The lowest BCUT2D eigenvalue weighted by molar-refractivity contribution is -0.145. The quantitative estimate of drug-likeness (QED) is 0.460. The van der Waals surface area contributed by atoms with E-state index in [1.54, 1.807) is 27.7 Å². The smallest absolute Gasteiger partial charge is 0.433 e. The molecule has 0 aliphatic carbocycles. The monoisotopic (exact) mass is 419 g/mol. The first-order valence-corrected chi connectivity index (χ1v) is 9.84. The first-order chi connectivity index (χ1) is 13.1. The summed E-state index contributed by atoms with van der Waals surface area (Å²) < 4.78 is 30.9. The number of alkyl halides is 2. The molecule has 1 saturated heterocycles. The van der Waals surface area contributed by atoms with Gasteiger partial charge >= 0.3 is 6.09 Å². The predicted molar refractivity (Wildman–Crippen MR) is 109 cm³/mol. The Hall–Kier alpha value is -1.93. The van der Waals surface area contributed by atoms with E-state index in [-0.39, 0.29) is 12.0 Å². The summed E-state index contributed by atoms with van der Waals surface area (Å²) in [5, 5.41) is 3.01. The Morgan fingerprint density at radius 2 is 1.83 bits per heavy atom. The largest absolute Gasteiger partial charge is 0.442 e. The summed E-state index contributed by atoms with van der Waals surface area (Å²) in [5.41, 5.74) is -0.460. The van der Waals surface area contributed by atoms with Crippen molar-refractivity contribution in [3.05, 3.63) is 4.91 Å². The number of hydrogen-bond donors (Lipinski definition) is 0. The minimum atomic E-state index is -3.03. The van der Waals surface area contributed by atoms with Crippen molar-refractivity contribution in [2.45, 2.75) is 91.3 Å². The first kappa shape index (κ1) is 27.1. The van der Waals surface area contributed by atoms with E-state index in [4.69, 9.17) is 4.74 Å². The fraction of sp³-hybridized carbons (Fsp3) is 0.850. The molecule has 4 unspecified atom stereocenters. The molecule has 2 amide bonds. The van der Waals surface area contributed by atoms with E-state index in [9.17, 15) is 23.3 Å². The van der Waals surface area contributed by atoms with Gasteiger partial charge in [-0.1, -0.05) is 25.4 Å². The van der Waals surface area contributed by atoms with E-state index in [1.807, 2.05) is 13.8 Å². The van der Waals surface area contributed by atoms with Crippen LogP contribution >= 0.6 is 0 Å². The Balaban J connectivity index is 0.000000734. The van der Waals surface area contributed by atoms with Crippen molar-refractivity contribution in [1.82, 2.24) is 4.90 Å². The van der Waals surface area contributed by atoms with Gasteiger partial charge in [0.05, 0.1) is 12.5 Å². The number of halogens is 2. The lowest BCUT2D eigenvalue weighted by Crippen LogP contribution is -2.55. The van der Waals surface area contributed by atoms with Gasteiger partial charge in [0.2, 0.25) is 5.91 Å². The number of piperidine rings is 1. The highest BCUT2D eigenvalue weighted by Crippen LogP contribution is 2.33. The summed E-state index contributed by atoms with van der Waals surface area (Å²) in [7, 11) is 0. The van der Waals surface area contributed by atoms with Gasteiger partial charge in [-0.05, 0) is 59.6 Å². The van der Waals surface area contributed by atoms with Gasteiger partial charge in [0, 0.05) is 6.54 Å². The van der Waals surface area contributed by atoms with Crippen molar-refractivity contribution in [1.29, 1.82) is 0 Å². The van der Waals surface area contributed by atoms with Crippen LogP contribution < -0.4 is 0 Å². The van der Waals surface area contributed by atoms with E-state index in [0.717, 1.165) is 19.8 Å². The van der Waals surface area contributed by atoms with Gasteiger partial charge in [-0.2, -0.15) is 9.90 Å². The van der Waals surface area contributed by atoms with Crippen molar-refractivity contribution >= 4 is 18.7 Å². The summed E-state index contributed by atoms with van der Waals surface area (Å²) in [6.07, 6.45) is 0.361. The molecule has 0 N–H and O–H groups in total. The Bertz CT molecular complexity index is 573. The third-order valence-electron chi connectivity index (χ3n) is 4.65. The van der Waals surface area contributed by atoms with Crippen LogP contribution in [0.25, 0.3) is 0 Å². The zero-order valence-corrected chi connectivity index (χ0v) is 18.6. The third kappa shape index (κ3) is 10.4. The first-order valence-electron chi connectivity index (χ1n) is 9.84. The fourth-order valence-electron chi connectivity index (χ4n) is 3.47. The summed E-state index contributed by atoms with van der Waals surface area (Å²) in [6.45, 7) is 15.2. The van der Waals surface area contributed by atoms with Crippen LogP contribution in [0, 0.1) is 16.7 Å². The molecule has 1 fully saturated rings. The zero-order valence-electron chi connectivity index (χ0n) is 18.6. The summed E-state index contributed by atoms with van der Waals surface area (Å²) in [5.74, 6) is -3.21. The number of amides is 2. The molecule has 0 aromatic heterocycles. The molecule has 0 aromatic carbocycles. The van der Waals surface area contributed by atoms with Gasteiger partial charge in [-0.3, -0.25) is 4.79 Å². The average molecular weight is 420 g/mol. The highest BCUT2D eigenvalue weighted by molar-refractivity contribution is 5.77. The molecule has 4 atom stereocenters. The van der Waals surface area contributed by atoms with Crippen molar-refractivity contribution < 1.29 is 23.1 Å². The van der Waals surface area contributed by atoms with Gasteiger partial charge in [0.1, 0.15) is 11.6 Å². The molecule has 1 heterocycles. The second-order valence-electron chi connectivity index (χ2n) is 8.76. The highest BCUT2D eigenvalue weighted by Gasteiger charge is 2.41. The molecule has 168 valence electrons. The Morgan fingerprint density at radius 1 is 1.28 bits per heavy atom. The zero-order chi connectivity index (χ0) is 23.0. The van der Waals surface area contributed by atoms with E-state index in [0.29, 0.717) is 12.5 Å². The van der Waals surface area contributed by atoms with Crippen LogP contribution in [0.2, 0.25) is 0 Å². The van der Waals surface area contributed by atoms with Crippen LogP contribution in [0.15, 0.2) is 10.2 Å². The van der Waals surface area contributed by atoms with Crippen LogP contribution in [0.4, 0.5) is 13.6 Å². The van der Waals surface area contributed by atoms with Crippen molar-refractivity contribution in [3.63, 3.8) is 0 Å². The van der Waals surface area contributed by atoms with Crippen molar-refractivity contribution in [2.75, 3.05) is 6.54 Å². The number of ether oxygens (including phenoxy) is 1. The van der Waals surface area contributed by atoms with Gasteiger partial charge < -0.3 is 9.64 Å². The number of rotatable bonds is 5. The summed E-state index contributed by atoms with van der Waals surface area (Å²) in [4.78, 5) is 37.9. The molecular weight excluding hydrogens is 384 g/mol. The molecule has 9 heteroatoms. The molecule has 29 heavy (non-hydrogen) atoms. The lowest BCUT2D eigenvalue weighted by atomic mass is 9.80. The molecule has 1 aliphatic rings. The topological polar surface area (TPSA) is 88.4 Å². The molecule has 0 saturated carbocycles.